The van der Waals surface area contributed by atoms with Gasteiger partial charge in [0.1, 0.15) is 11.6 Å². The minimum Gasteiger partial charge on any atom is -1.00 e. The van der Waals surface area contributed by atoms with E-state index in [-0.39, 0.29) is 55.6 Å². The van der Waals surface area contributed by atoms with Crippen molar-refractivity contribution in [3.05, 3.63) is 68.8 Å². The van der Waals surface area contributed by atoms with Crippen LogP contribution in [0.3, 0.4) is 0 Å². The van der Waals surface area contributed by atoms with E-state index in [0.29, 0.717) is 35.9 Å². The molecule has 0 N–H and O–H groups in total. The summed E-state index contributed by atoms with van der Waals surface area (Å²) < 4.78 is 0.872. The summed E-state index contributed by atoms with van der Waals surface area (Å²) in [5.74, 6) is 2.53. The van der Waals surface area contributed by atoms with Crippen molar-refractivity contribution >= 4 is 30.2 Å². The van der Waals surface area contributed by atoms with E-state index in [4.69, 9.17) is 0 Å². The summed E-state index contributed by atoms with van der Waals surface area (Å²) in [5, 5.41) is 0. The lowest BCUT2D eigenvalue weighted by atomic mass is 9.79. The van der Waals surface area contributed by atoms with Gasteiger partial charge in [0.2, 0.25) is 0 Å². The predicted octanol–water partition coefficient (Wildman–Crippen LogP) is 6.12. The molecular weight excluding hydrogens is 741 g/mol. The van der Waals surface area contributed by atoms with Crippen molar-refractivity contribution in [1.29, 1.82) is 0 Å². The lowest BCUT2D eigenvalue weighted by Gasteiger charge is -2.43. The Kier molecular flexibility index (Phi) is 20.4. The van der Waals surface area contributed by atoms with Gasteiger partial charge in [-0.25, -0.2) is 0 Å². The first-order valence-electron chi connectivity index (χ1n) is 17.7. The second-order valence-corrected chi connectivity index (χ2v) is 16.2. The van der Waals surface area contributed by atoms with Gasteiger partial charge in [-0.1, -0.05) is 53.3 Å². The van der Waals surface area contributed by atoms with Gasteiger partial charge in [0.25, 0.3) is 0 Å². The maximum absolute atomic E-state index is 12.5. The molecule has 1 fully saturated rings. The number of hydrogen-bond donors (Lipinski definition) is 0. The molecule has 0 amide bonds. The maximum atomic E-state index is 12.5. The van der Waals surface area contributed by atoms with Gasteiger partial charge in [0.05, 0.1) is 33.6 Å². The molecule has 0 aromatic heterocycles. The molecule has 3 aliphatic rings. The lowest BCUT2D eigenvalue weighted by Crippen LogP contribution is -3.00. The third kappa shape index (κ3) is 14.5. The van der Waals surface area contributed by atoms with E-state index in [0.717, 1.165) is 56.3 Å². The van der Waals surface area contributed by atoms with Gasteiger partial charge in [-0.05, 0) is 123 Å². The molecule has 278 valence electrons. The van der Waals surface area contributed by atoms with Gasteiger partial charge in [-0.2, -0.15) is 0 Å². The summed E-state index contributed by atoms with van der Waals surface area (Å²) >= 11 is 0. The quantitative estimate of drug-likeness (QED) is 0.251. The summed E-state index contributed by atoms with van der Waals surface area (Å²) in [6.07, 6.45) is 7.01. The number of aliphatic imine (C=N–C) groups is 1. The third-order valence-electron chi connectivity index (χ3n) is 9.88. The molecule has 0 bridgehead atoms. The number of halogens is 2. The molecule has 49 heavy (non-hydrogen) atoms. The van der Waals surface area contributed by atoms with Gasteiger partial charge in [-0.3, -0.25) is 19.5 Å². The first-order chi connectivity index (χ1) is 21.4. The topological polar surface area (TPSA) is 49.7 Å². The van der Waals surface area contributed by atoms with Crippen molar-refractivity contribution in [1.82, 2.24) is 4.90 Å². The number of benzene rings is 2. The predicted molar refractivity (Wildman–Crippen MR) is 209 cm³/mol. The Labute approximate surface area is 324 Å². The standard InChI is InChI=1S/C19H27NO.C11H24NO.C11H13N.CH4.ClH.HI/c1-12(2)7-16-11-20-6-5-15-8-13(3)14(4)9-17(15)18(20)10-19(16)21;1-9(2)7-11(10(3)13)8-12(4,5)6;1-8-5-10-3-4-12-7-11(10)6-9(8)2;;;/h8-9,12,16,18H,5-7,10-11H2,1-4H3;9,11H,7-8H2,1-6H3;5-7H,3-4H2,1-2H3;1H4;2*1H/q;+1;;;;/p-1/t16-,18-;;;;;/m0...../s1. The fraction of sp³-hybridized carbons (Fsp3) is 0.643. The van der Waals surface area contributed by atoms with Crippen molar-refractivity contribution in [3.63, 3.8) is 0 Å². The first-order valence-corrected chi connectivity index (χ1v) is 17.7. The largest absolute Gasteiger partial charge is 1.00 e. The van der Waals surface area contributed by atoms with Crippen molar-refractivity contribution in [2.24, 2.45) is 28.7 Å². The van der Waals surface area contributed by atoms with Gasteiger partial charge < -0.3 is 28.5 Å². The zero-order chi connectivity index (χ0) is 34.3. The van der Waals surface area contributed by atoms with E-state index in [1.54, 1.807) is 6.92 Å². The number of quaternary nitrogens is 1. The van der Waals surface area contributed by atoms with Crippen molar-refractivity contribution in [2.45, 2.75) is 108 Å². The van der Waals surface area contributed by atoms with Crippen molar-refractivity contribution < 1.29 is 38.0 Å². The maximum Gasteiger partial charge on any atom is 0.139 e. The number of rotatable bonds is 7. The van der Waals surface area contributed by atoms with Crippen LogP contribution in [0.4, 0.5) is 0 Å². The number of hydrogen-bond acceptors (Lipinski definition) is 4. The molecule has 0 spiro atoms. The average molecular weight is 810 g/mol. The molecule has 5 nitrogen and oxygen atoms in total. The molecule has 7 heteroatoms. The first kappa shape index (κ1) is 47.4. The van der Waals surface area contributed by atoms with E-state index in [1.807, 2.05) is 6.21 Å². The van der Waals surface area contributed by atoms with Crippen LogP contribution in [0.5, 0.6) is 0 Å². The monoisotopic (exact) mass is 809 g/mol. The Bertz CT molecular complexity index is 1400. The summed E-state index contributed by atoms with van der Waals surface area (Å²) in [6.45, 7) is 23.2. The molecular formula is C42H69ClIN3O2. The molecule has 5 rings (SSSR count). The summed E-state index contributed by atoms with van der Waals surface area (Å²) in [7, 11) is 6.41. The number of piperidine rings is 1. The number of Topliss-reactive ketones (excluding diaryl/α,β-unsaturated/α-hetero) is 2. The van der Waals surface area contributed by atoms with E-state index in [9.17, 15) is 9.59 Å². The van der Waals surface area contributed by atoms with Gasteiger partial charge in [0.15, 0.2) is 0 Å². The molecule has 1 saturated heterocycles. The highest BCUT2D eigenvalue weighted by atomic mass is 127. The van der Waals surface area contributed by atoms with Crippen LogP contribution in [0.25, 0.3) is 0 Å². The Morgan fingerprint density at radius 3 is 2.02 bits per heavy atom. The molecule has 0 radical (unpaired) electrons. The summed E-state index contributed by atoms with van der Waals surface area (Å²) in [4.78, 5) is 30.7. The number of carbonyl (C=O) groups excluding carboxylic acids is 2. The van der Waals surface area contributed by atoms with Gasteiger partial charge >= 0.3 is 0 Å². The minimum atomic E-state index is 0. The third-order valence-corrected chi connectivity index (χ3v) is 9.88. The second kappa shape index (κ2) is 21.0. The Morgan fingerprint density at radius 1 is 0.898 bits per heavy atom. The highest BCUT2D eigenvalue weighted by molar-refractivity contribution is 5.85. The van der Waals surface area contributed by atoms with Crippen molar-refractivity contribution in [3.8, 4) is 0 Å². The number of fused-ring (bicyclic) bond motifs is 4. The van der Waals surface area contributed by atoms with E-state index < -0.39 is 0 Å². The Hall–Kier alpha value is -1.61. The Morgan fingerprint density at radius 2 is 1.47 bits per heavy atom. The summed E-state index contributed by atoms with van der Waals surface area (Å²) in [5.41, 5.74) is 11.1. The average Bonchev–Trinajstić information content (AvgIpc) is 2.94. The van der Waals surface area contributed by atoms with Crippen LogP contribution in [0.2, 0.25) is 0 Å². The van der Waals surface area contributed by atoms with Crippen LogP contribution in [0.15, 0.2) is 29.3 Å². The van der Waals surface area contributed by atoms with Gasteiger partial charge in [0, 0.05) is 44.2 Å². The zero-order valence-corrected chi connectivity index (χ0v) is 35.1. The minimum absolute atomic E-state index is 0. The molecule has 3 aliphatic heterocycles. The molecule has 2 aromatic carbocycles. The Balaban J connectivity index is 0.000000723. The fourth-order valence-electron chi connectivity index (χ4n) is 7.20. The van der Waals surface area contributed by atoms with Crippen molar-refractivity contribution in [2.75, 3.05) is 47.3 Å². The molecule has 0 aliphatic carbocycles. The number of nitrogens with zero attached hydrogens (tertiary/aromatic N) is 3. The molecule has 1 unspecified atom stereocenters. The van der Waals surface area contributed by atoms with Crippen LogP contribution in [0.1, 0.15) is 112 Å². The SMILES string of the molecule is C.CC(=O)C(CC(C)C)C[N+](C)(C)C.Cc1cc2c(cc1C)CCN=C2.Cc1cc2c(cc1C)[C@@H]1CC(=O)[C@@H](CC(C)C)CN1CC2.Cl.[I-]. The molecule has 2 aromatic rings. The molecule has 0 saturated carbocycles. The number of ketones is 2. The molecule has 3 heterocycles. The smallest absolute Gasteiger partial charge is 0.139 e. The highest BCUT2D eigenvalue weighted by Crippen LogP contribution is 2.39. The second-order valence-electron chi connectivity index (χ2n) is 16.2. The van der Waals surface area contributed by atoms with E-state index >= 15 is 0 Å². The molecule has 3 atom stereocenters. The van der Waals surface area contributed by atoms with Crippen LogP contribution < -0.4 is 24.0 Å². The van der Waals surface area contributed by atoms with Crippen LogP contribution >= 0.6 is 12.4 Å². The van der Waals surface area contributed by atoms with E-state index in [2.05, 4.69) is 111 Å². The van der Waals surface area contributed by atoms with E-state index in [1.165, 1.54) is 44.5 Å². The summed E-state index contributed by atoms with van der Waals surface area (Å²) in [6, 6.07) is 9.52. The lowest BCUT2D eigenvalue weighted by molar-refractivity contribution is -0.872. The number of carbonyl (C=O) groups is 2. The fourth-order valence-corrected chi connectivity index (χ4v) is 7.20. The highest BCUT2D eigenvalue weighted by Gasteiger charge is 2.38. The van der Waals surface area contributed by atoms with Crippen LogP contribution in [0, 0.1) is 51.4 Å². The zero-order valence-electron chi connectivity index (χ0n) is 32.1. The number of aryl methyl sites for hydroxylation is 4. The normalized spacial score (nSPS) is 18.5. The van der Waals surface area contributed by atoms with Gasteiger partial charge in [-0.15, -0.1) is 12.4 Å². The van der Waals surface area contributed by atoms with Crippen LogP contribution in [-0.2, 0) is 22.4 Å². The van der Waals surface area contributed by atoms with Crippen LogP contribution in [-0.4, -0.2) is 74.5 Å².